The van der Waals surface area contributed by atoms with Crippen LogP contribution in [0.4, 0.5) is 0 Å². The summed E-state index contributed by atoms with van der Waals surface area (Å²) in [7, 11) is 0. The van der Waals surface area contributed by atoms with Gasteiger partial charge >= 0.3 is 0 Å². The fourth-order valence-corrected chi connectivity index (χ4v) is 0.946. The Morgan fingerprint density at radius 3 is 2.31 bits per heavy atom. The van der Waals surface area contributed by atoms with Gasteiger partial charge in [-0.05, 0) is 0 Å². The zero-order valence-corrected chi connectivity index (χ0v) is 7.13. The summed E-state index contributed by atoms with van der Waals surface area (Å²) < 4.78 is 0. The van der Waals surface area contributed by atoms with Crippen LogP contribution in [0.15, 0.2) is 0 Å². The van der Waals surface area contributed by atoms with Gasteiger partial charge < -0.3 is 16.5 Å². The van der Waals surface area contributed by atoms with Crippen LogP contribution in [0.1, 0.15) is 33.7 Å². The topological polar surface area (TPSA) is 115 Å². The number of amides is 2. The van der Waals surface area contributed by atoms with Crippen LogP contribution in [-0.4, -0.2) is 21.8 Å². The first-order chi connectivity index (χ1) is 6.06. The van der Waals surface area contributed by atoms with Gasteiger partial charge in [0.05, 0.1) is 0 Å². The molecule has 0 aliphatic heterocycles. The molecule has 0 spiro atoms. The Kier molecular flexibility index (Phi) is 2.32. The normalized spacial score (nSPS) is 9.92. The number of nitrogens with one attached hydrogen (secondary N) is 1. The Bertz CT molecular complexity index is 324. The first kappa shape index (κ1) is 9.24. The fraction of sp³-hybridized carbons (Fsp3) is 0.286. The molecule has 0 bridgehead atoms. The van der Waals surface area contributed by atoms with Crippen LogP contribution in [0, 0.1) is 0 Å². The Hall–Kier alpha value is -1.85. The van der Waals surface area contributed by atoms with Crippen LogP contribution in [0.5, 0.6) is 0 Å². The minimum Gasteiger partial charge on any atom is -0.364 e. The summed E-state index contributed by atoms with van der Waals surface area (Å²) >= 11 is 0. The van der Waals surface area contributed by atoms with E-state index in [9.17, 15) is 9.59 Å². The molecule has 0 aromatic carbocycles. The summed E-state index contributed by atoms with van der Waals surface area (Å²) in [5.41, 5.74) is 9.88. The van der Waals surface area contributed by atoms with Gasteiger partial charge in [0.1, 0.15) is 11.5 Å². The smallest absolute Gasteiger partial charge is 0.269 e. The lowest BCUT2D eigenvalue weighted by Gasteiger charge is -1.90. The van der Waals surface area contributed by atoms with Crippen LogP contribution in [-0.2, 0) is 6.42 Å². The van der Waals surface area contributed by atoms with Gasteiger partial charge in [0, 0.05) is 6.42 Å². The van der Waals surface area contributed by atoms with E-state index >= 15 is 0 Å². The van der Waals surface area contributed by atoms with Gasteiger partial charge in [0.25, 0.3) is 11.8 Å². The third kappa shape index (κ3) is 1.66. The van der Waals surface area contributed by atoms with Crippen LogP contribution in [0.25, 0.3) is 0 Å². The van der Waals surface area contributed by atoms with Gasteiger partial charge in [0.2, 0.25) is 0 Å². The number of imidazole rings is 1. The summed E-state index contributed by atoms with van der Waals surface area (Å²) in [6, 6.07) is 0. The summed E-state index contributed by atoms with van der Waals surface area (Å²) in [6.07, 6.45) is 0.577. The zero-order valence-electron chi connectivity index (χ0n) is 7.13. The number of rotatable bonds is 3. The minimum absolute atomic E-state index is 0.0237. The SMILES string of the molecule is CCc1nc(C(N)=O)c(C(N)=O)[nH]1. The summed E-state index contributed by atoms with van der Waals surface area (Å²) in [5, 5.41) is 0. The molecule has 70 valence electrons. The van der Waals surface area contributed by atoms with Gasteiger partial charge in [-0.25, -0.2) is 4.98 Å². The predicted octanol–water partition coefficient (Wildman–Crippen LogP) is -0.830. The zero-order chi connectivity index (χ0) is 10.0. The lowest BCUT2D eigenvalue weighted by Crippen LogP contribution is -2.20. The highest BCUT2D eigenvalue weighted by atomic mass is 16.2. The van der Waals surface area contributed by atoms with Crippen molar-refractivity contribution in [2.45, 2.75) is 13.3 Å². The van der Waals surface area contributed by atoms with E-state index in [1.165, 1.54) is 0 Å². The largest absolute Gasteiger partial charge is 0.364 e. The van der Waals surface area contributed by atoms with Crippen molar-refractivity contribution in [3.8, 4) is 0 Å². The second kappa shape index (κ2) is 3.26. The van der Waals surface area contributed by atoms with Crippen molar-refractivity contribution in [3.63, 3.8) is 0 Å². The number of primary amides is 2. The van der Waals surface area contributed by atoms with Crippen molar-refractivity contribution in [2.24, 2.45) is 11.5 Å². The summed E-state index contributed by atoms with van der Waals surface area (Å²) in [6.45, 7) is 1.83. The second-order valence-electron chi connectivity index (χ2n) is 2.49. The van der Waals surface area contributed by atoms with Gasteiger partial charge in [-0.15, -0.1) is 0 Å². The molecule has 0 fully saturated rings. The van der Waals surface area contributed by atoms with E-state index in [4.69, 9.17) is 11.5 Å². The number of aromatic nitrogens is 2. The van der Waals surface area contributed by atoms with Crippen LogP contribution in [0.3, 0.4) is 0 Å². The molecule has 2 amide bonds. The maximum absolute atomic E-state index is 10.8. The molecule has 1 aromatic heterocycles. The van der Waals surface area contributed by atoms with Gasteiger partial charge in [-0.1, -0.05) is 6.92 Å². The number of nitrogens with two attached hydrogens (primary N) is 2. The Morgan fingerprint density at radius 2 is 2.00 bits per heavy atom. The van der Waals surface area contributed by atoms with Crippen LogP contribution >= 0.6 is 0 Å². The maximum atomic E-state index is 10.8. The van der Waals surface area contributed by atoms with E-state index in [1.54, 1.807) is 0 Å². The first-order valence-electron chi connectivity index (χ1n) is 3.74. The molecule has 0 atom stereocenters. The molecular formula is C7H10N4O2. The number of hydrogen-bond donors (Lipinski definition) is 3. The standard InChI is InChI=1S/C7H10N4O2/c1-2-3-10-4(6(8)12)5(11-3)7(9)13/h2H2,1H3,(H2,8,12)(H2,9,13)(H,10,11). The number of carbonyl (C=O) groups is 2. The highest BCUT2D eigenvalue weighted by Crippen LogP contribution is 2.05. The van der Waals surface area contributed by atoms with Crippen LogP contribution < -0.4 is 11.5 Å². The second-order valence-corrected chi connectivity index (χ2v) is 2.49. The molecule has 0 aliphatic carbocycles. The molecule has 13 heavy (non-hydrogen) atoms. The molecule has 0 aliphatic rings. The van der Waals surface area contributed by atoms with Crippen molar-refractivity contribution in [3.05, 3.63) is 17.2 Å². The number of aryl methyl sites for hydroxylation is 1. The molecule has 1 heterocycles. The molecule has 5 N–H and O–H groups in total. The molecule has 0 saturated carbocycles. The molecule has 1 aromatic rings. The van der Waals surface area contributed by atoms with Crippen LogP contribution in [0.2, 0.25) is 0 Å². The predicted molar refractivity (Wildman–Crippen MR) is 45.0 cm³/mol. The highest BCUT2D eigenvalue weighted by Gasteiger charge is 2.17. The fourth-order valence-electron chi connectivity index (χ4n) is 0.946. The van der Waals surface area contributed by atoms with Crippen molar-refractivity contribution in [1.29, 1.82) is 0 Å². The van der Waals surface area contributed by atoms with E-state index in [0.717, 1.165) is 0 Å². The van der Waals surface area contributed by atoms with Crippen molar-refractivity contribution >= 4 is 11.8 Å². The Labute approximate surface area is 74.3 Å². The summed E-state index contributed by atoms with van der Waals surface area (Å²) in [5.74, 6) is -0.978. The number of H-pyrrole nitrogens is 1. The van der Waals surface area contributed by atoms with Gasteiger partial charge in [-0.3, -0.25) is 9.59 Å². The maximum Gasteiger partial charge on any atom is 0.269 e. The van der Waals surface area contributed by atoms with Gasteiger partial charge in [-0.2, -0.15) is 0 Å². The molecule has 1 rings (SSSR count). The van der Waals surface area contributed by atoms with E-state index in [1.807, 2.05) is 6.92 Å². The lowest BCUT2D eigenvalue weighted by atomic mass is 10.3. The number of nitrogens with zero attached hydrogens (tertiary/aromatic N) is 1. The van der Waals surface area contributed by atoms with Crippen molar-refractivity contribution in [2.75, 3.05) is 0 Å². The first-order valence-corrected chi connectivity index (χ1v) is 3.74. The third-order valence-corrected chi connectivity index (χ3v) is 1.57. The minimum atomic E-state index is -0.759. The lowest BCUT2D eigenvalue weighted by molar-refractivity contribution is 0.0962. The third-order valence-electron chi connectivity index (χ3n) is 1.57. The highest BCUT2D eigenvalue weighted by molar-refractivity contribution is 6.03. The van der Waals surface area contributed by atoms with Crippen molar-refractivity contribution in [1.82, 2.24) is 9.97 Å². The average Bonchev–Trinajstić information content (AvgIpc) is 2.47. The molecule has 6 heteroatoms. The molecule has 0 radical (unpaired) electrons. The molecule has 0 saturated heterocycles. The molecule has 6 nitrogen and oxygen atoms in total. The Balaban J connectivity index is 3.23. The van der Waals surface area contributed by atoms with E-state index < -0.39 is 11.8 Å². The molecule has 0 unspecified atom stereocenters. The summed E-state index contributed by atoms with van der Waals surface area (Å²) in [4.78, 5) is 28.0. The quantitative estimate of drug-likeness (QED) is 0.566. The molecular weight excluding hydrogens is 172 g/mol. The van der Waals surface area contributed by atoms with Crippen molar-refractivity contribution < 1.29 is 9.59 Å². The van der Waals surface area contributed by atoms with E-state index in [0.29, 0.717) is 12.2 Å². The monoisotopic (exact) mass is 182 g/mol. The van der Waals surface area contributed by atoms with E-state index in [2.05, 4.69) is 9.97 Å². The Morgan fingerprint density at radius 1 is 1.38 bits per heavy atom. The van der Waals surface area contributed by atoms with E-state index in [-0.39, 0.29) is 11.4 Å². The number of carbonyl (C=O) groups excluding carboxylic acids is 2. The van der Waals surface area contributed by atoms with Gasteiger partial charge in [0.15, 0.2) is 5.69 Å². The number of aromatic amines is 1. The number of hydrogen-bond acceptors (Lipinski definition) is 3. The average molecular weight is 182 g/mol.